The number of para-hydroxylation sites is 1. The third-order valence-electron chi connectivity index (χ3n) is 3.65. The molecule has 0 saturated heterocycles. The SMILES string of the molecule is COc1ccc(CC(=O)Nc2nnc(SCC(=O)Nc3ccccc3F)s2)cc1. The maximum atomic E-state index is 13.5. The zero-order valence-electron chi connectivity index (χ0n) is 15.3. The van der Waals surface area contributed by atoms with Crippen LogP contribution >= 0.6 is 23.1 Å². The molecule has 0 unspecified atom stereocenters. The first-order valence-corrected chi connectivity index (χ1v) is 10.3. The lowest BCUT2D eigenvalue weighted by atomic mass is 10.1. The predicted molar refractivity (Wildman–Crippen MR) is 111 cm³/mol. The van der Waals surface area contributed by atoms with E-state index in [1.807, 2.05) is 12.1 Å². The molecule has 0 saturated carbocycles. The average molecular weight is 433 g/mol. The molecule has 1 aromatic heterocycles. The van der Waals surface area contributed by atoms with E-state index in [-0.39, 0.29) is 29.7 Å². The first kappa shape index (κ1) is 20.7. The number of methoxy groups -OCH3 is 1. The smallest absolute Gasteiger partial charge is 0.234 e. The van der Waals surface area contributed by atoms with Crippen molar-refractivity contribution >= 4 is 45.7 Å². The molecule has 0 fully saturated rings. The maximum Gasteiger partial charge on any atom is 0.234 e. The van der Waals surface area contributed by atoms with Crippen LogP contribution in [0.4, 0.5) is 15.2 Å². The summed E-state index contributed by atoms with van der Waals surface area (Å²) in [6, 6.07) is 13.1. The van der Waals surface area contributed by atoms with Crippen LogP contribution < -0.4 is 15.4 Å². The molecule has 0 aliphatic heterocycles. The Bertz CT molecular complexity index is 995. The molecule has 0 radical (unpaired) electrons. The highest BCUT2D eigenvalue weighted by atomic mass is 32.2. The molecule has 10 heteroatoms. The highest BCUT2D eigenvalue weighted by Gasteiger charge is 2.12. The largest absolute Gasteiger partial charge is 0.497 e. The van der Waals surface area contributed by atoms with Gasteiger partial charge in [-0.3, -0.25) is 9.59 Å². The zero-order valence-corrected chi connectivity index (χ0v) is 17.0. The lowest BCUT2D eigenvalue weighted by molar-refractivity contribution is -0.115. The number of hydrogen-bond acceptors (Lipinski definition) is 7. The van der Waals surface area contributed by atoms with Crippen molar-refractivity contribution in [3.63, 3.8) is 0 Å². The lowest BCUT2D eigenvalue weighted by Gasteiger charge is -2.04. The normalized spacial score (nSPS) is 10.4. The number of aromatic nitrogens is 2. The molecule has 29 heavy (non-hydrogen) atoms. The van der Waals surface area contributed by atoms with Crippen molar-refractivity contribution < 1.29 is 18.7 Å². The average Bonchev–Trinajstić information content (AvgIpc) is 3.16. The Balaban J connectivity index is 1.46. The molecule has 1 heterocycles. The lowest BCUT2D eigenvalue weighted by Crippen LogP contribution is -2.14. The fraction of sp³-hybridized carbons (Fsp3) is 0.158. The van der Waals surface area contributed by atoms with Gasteiger partial charge in [0.15, 0.2) is 4.34 Å². The molecule has 2 aromatic carbocycles. The molecule has 0 aliphatic carbocycles. The summed E-state index contributed by atoms with van der Waals surface area (Å²) < 4.78 is 19.2. The minimum Gasteiger partial charge on any atom is -0.497 e. The topological polar surface area (TPSA) is 93.2 Å². The van der Waals surface area contributed by atoms with E-state index < -0.39 is 5.82 Å². The van der Waals surface area contributed by atoms with Crippen LogP contribution in [0.1, 0.15) is 5.56 Å². The molecule has 150 valence electrons. The minimum atomic E-state index is -0.497. The van der Waals surface area contributed by atoms with E-state index in [2.05, 4.69) is 20.8 Å². The molecular formula is C19H17FN4O3S2. The summed E-state index contributed by atoms with van der Waals surface area (Å²) in [5.41, 5.74) is 0.967. The number of carbonyl (C=O) groups is 2. The van der Waals surface area contributed by atoms with Crippen LogP contribution in [-0.2, 0) is 16.0 Å². The van der Waals surface area contributed by atoms with E-state index in [1.54, 1.807) is 31.4 Å². The highest BCUT2D eigenvalue weighted by molar-refractivity contribution is 8.01. The summed E-state index contributed by atoms with van der Waals surface area (Å²) in [4.78, 5) is 24.1. The van der Waals surface area contributed by atoms with Gasteiger partial charge in [0.05, 0.1) is 25.0 Å². The monoisotopic (exact) mass is 432 g/mol. The van der Waals surface area contributed by atoms with Gasteiger partial charge in [-0.25, -0.2) is 4.39 Å². The van der Waals surface area contributed by atoms with Crippen LogP contribution in [0.25, 0.3) is 0 Å². The fourth-order valence-corrected chi connectivity index (χ4v) is 3.86. The van der Waals surface area contributed by atoms with E-state index in [9.17, 15) is 14.0 Å². The van der Waals surface area contributed by atoms with Gasteiger partial charge in [0.1, 0.15) is 11.6 Å². The van der Waals surface area contributed by atoms with Gasteiger partial charge in [0.25, 0.3) is 0 Å². The van der Waals surface area contributed by atoms with E-state index in [4.69, 9.17) is 4.74 Å². The number of thioether (sulfide) groups is 1. The number of ether oxygens (including phenoxy) is 1. The quantitative estimate of drug-likeness (QED) is 0.417. The molecule has 2 N–H and O–H groups in total. The molecule has 2 amide bonds. The number of nitrogens with zero attached hydrogens (tertiary/aromatic N) is 2. The number of amides is 2. The van der Waals surface area contributed by atoms with Crippen molar-refractivity contribution in [1.82, 2.24) is 10.2 Å². The van der Waals surface area contributed by atoms with Crippen LogP contribution in [0.15, 0.2) is 52.9 Å². The minimum absolute atomic E-state index is 0.0444. The van der Waals surface area contributed by atoms with Crippen molar-refractivity contribution in [2.45, 2.75) is 10.8 Å². The first-order chi connectivity index (χ1) is 14.0. The van der Waals surface area contributed by atoms with Gasteiger partial charge >= 0.3 is 0 Å². The van der Waals surface area contributed by atoms with E-state index in [1.165, 1.54) is 12.1 Å². The number of anilines is 2. The predicted octanol–water partition coefficient (Wildman–Crippen LogP) is 3.60. The summed E-state index contributed by atoms with van der Waals surface area (Å²) in [5.74, 6) is -0.314. The van der Waals surface area contributed by atoms with Gasteiger partial charge in [-0.05, 0) is 29.8 Å². The summed E-state index contributed by atoms with van der Waals surface area (Å²) in [5, 5.41) is 13.4. The summed E-state index contributed by atoms with van der Waals surface area (Å²) >= 11 is 2.32. The second-order valence-electron chi connectivity index (χ2n) is 5.76. The Labute approximate surface area is 174 Å². The number of benzene rings is 2. The Kier molecular flexibility index (Phi) is 7.14. The first-order valence-electron chi connectivity index (χ1n) is 8.47. The maximum absolute atomic E-state index is 13.5. The fourth-order valence-electron chi connectivity index (χ4n) is 2.29. The van der Waals surface area contributed by atoms with Gasteiger partial charge in [0.2, 0.25) is 16.9 Å². The van der Waals surface area contributed by atoms with Crippen LogP contribution in [-0.4, -0.2) is 34.9 Å². The molecule has 0 spiro atoms. The van der Waals surface area contributed by atoms with Crippen LogP contribution in [0.2, 0.25) is 0 Å². The van der Waals surface area contributed by atoms with Gasteiger partial charge < -0.3 is 15.4 Å². The summed E-state index contributed by atoms with van der Waals surface area (Å²) in [6.45, 7) is 0. The standard InChI is InChI=1S/C19H17FN4O3S2/c1-27-13-8-6-12(7-9-13)10-16(25)22-18-23-24-19(29-18)28-11-17(26)21-15-5-3-2-4-14(15)20/h2-9H,10-11H2,1H3,(H,21,26)(H,22,23,25). The Hall–Kier alpha value is -2.98. The summed E-state index contributed by atoms with van der Waals surface area (Å²) in [6.07, 6.45) is 0.192. The Morgan fingerprint density at radius 3 is 2.55 bits per heavy atom. The Morgan fingerprint density at radius 1 is 1.07 bits per heavy atom. The molecule has 3 aromatic rings. The number of halogens is 1. The molecular weight excluding hydrogens is 415 g/mol. The third kappa shape index (κ3) is 6.26. The van der Waals surface area contributed by atoms with Gasteiger partial charge in [0, 0.05) is 0 Å². The van der Waals surface area contributed by atoms with Gasteiger partial charge in [-0.15, -0.1) is 10.2 Å². The molecule has 7 nitrogen and oxygen atoms in total. The number of carbonyl (C=O) groups excluding carboxylic acids is 2. The van der Waals surface area contributed by atoms with Crippen molar-refractivity contribution in [2.75, 3.05) is 23.5 Å². The summed E-state index contributed by atoms with van der Waals surface area (Å²) in [7, 11) is 1.58. The van der Waals surface area contributed by atoms with Crippen LogP contribution in [0.5, 0.6) is 5.75 Å². The van der Waals surface area contributed by atoms with E-state index in [0.717, 1.165) is 34.4 Å². The molecule has 0 aliphatic rings. The van der Waals surface area contributed by atoms with Crippen molar-refractivity contribution in [3.05, 3.63) is 59.9 Å². The van der Waals surface area contributed by atoms with Crippen molar-refractivity contribution in [2.24, 2.45) is 0 Å². The van der Waals surface area contributed by atoms with E-state index in [0.29, 0.717) is 9.47 Å². The number of nitrogens with one attached hydrogen (secondary N) is 2. The zero-order chi connectivity index (χ0) is 20.6. The number of hydrogen-bond donors (Lipinski definition) is 2. The highest BCUT2D eigenvalue weighted by Crippen LogP contribution is 2.26. The van der Waals surface area contributed by atoms with Crippen LogP contribution in [0.3, 0.4) is 0 Å². The molecule has 0 atom stereocenters. The Morgan fingerprint density at radius 2 is 1.83 bits per heavy atom. The van der Waals surface area contributed by atoms with Crippen molar-refractivity contribution in [1.29, 1.82) is 0 Å². The third-order valence-corrected chi connectivity index (χ3v) is 5.62. The molecule has 3 rings (SSSR count). The molecule has 0 bridgehead atoms. The van der Waals surface area contributed by atoms with E-state index >= 15 is 0 Å². The number of rotatable bonds is 8. The van der Waals surface area contributed by atoms with Crippen LogP contribution in [0, 0.1) is 5.82 Å². The second kappa shape index (κ2) is 9.99. The van der Waals surface area contributed by atoms with Gasteiger partial charge in [-0.1, -0.05) is 47.4 Å². The van der Waals surface area contributed by atoms with Crippen molar-refractivity contribution in [3.8, 4) is 5.75 Å². The second-order valence-corrected chi connectivity index (χ2v) is 7.96. The van der Waals surface area contributed by atoms with Gasteiger partial charge in [-0.2, -0.15) is 0 Å².